The molecule has 0 unspecified atom stereocenters. The molecule has 7 heteroatoms. The van der Waals surface area contributed by atoms with Gasteiger partial charge in [-0.2, -0.15) is 4.31 Å². The van der Waals surface area contributed by atoms with Crippen LogP contribution in [-0.2, 0) is 31.9 Å². The van der Waals surface area contributed by atoms with Crippen molar-refractivity contribution in [3.8, 4) is 0 Å². The second kappa shape index (κ2) is 8.60. The van der Waals surface area contributed by atoms with Crippen molar-refractivity contribution < 1.29 is 17.9 Å². The molecule has 0 spiro atoms. The Hall–Kier alpha value is -1.44. The number of morpholine rings is 1. The van der Waals surface area contributed by atoms with Crippen molar-refractivity contribution in [3.05, 3.63) is 35.4 Å². The molecule has 0 saturated carbocycles. The Kier molecular flexibility index (Phi) is 6.77. The number of nitrogens with zero attached hydrogens (tertiary/aromatic N) is 1. The van der Waals surface area contributed by atoms with Crippen LogP contribution in [0.5, 0.6) is 0 Å². The SMILES string of the molecule is CC(C)CC(=O)NCc1ccccc1CS(=O)(=O)N1CCOCC1. The highest BCUT2D eigenvalue weighted by atomic mass is 32.2. The third kappa shape index (κ3) is 5.58. The summed E-state index contributed by atoms with van der Waals surface area (Å²) in [5.41, 5.74) is 1.57. The third-order valence-corrected chi connectivity index (χ3v) is 5.72. The molecule has 1 heterocycles. The molecule has 0 aliphatic carbocycles. The topological polar surface area (TPSA) is 75.7 Å². The maximum Gasteiger partial charge on any atom is 0.220 e. The summed E-state index contributed by atoms with van der Waals surface area (Å²) in [6.45, 7) is 5.99. The zero-order chi connectivity index (χ0) is 17.6. The summed E-state index contributed by atoms with van der Waals surface area (Å²) >= 11 is 0. The first kappa shape index (κ1) is 18.9. The summed E-state index contributed by atoms with van der Waals surface area (Å²) in [6.07, 6.45) is 0.467. The molecule has 1 aromatic rings. The summed E-state index contributed by atoms with van der Waals surface area (Å²) in [4.78, 5) is 11.8. The number of hydrogen-bond acceptors (Lipinski definition) is 4. The number of hydrogen-bond donors (Lipinski definition) is 1. The Balaban J connectivity index is 2.04. The van der Waals surface area contributed by atoms with Crippen LogP contribution in [0, 0.1) is 5.92 Å². The van der Waals surface area contributed by atoms with E-state index >= 15 is 0 Å². The van der Waals surface area contributed by atoms with Crippen LogP contribution in [0.25, 0.3) is 0 Å². The number of ether oxygens (including phenoxy) is 1. The Labute approximate surface area is 144 Å². The molecule has 1 N–H and O–H groups in total. The molecule has 1 aliphatic rings. The second-order valence-corrected chi connectivity index (χ2v) is 8.38. The maximum atomic E-state index is 12.6. The molecule has 1 amide bonds. The number of rotatable bonds is 7. The fourth-order valence-electron chi connectivity index (χ4n) is 2.62. The van der Waals surface area contributed by atoms with E-state index < -0.39 is 10.0 Å². The van der Waals surface area contributed by atoms with E-state index in [0.29, 0.717) is 45.2 Å². The summed E-state index contributed by atoms with van der Waals surface area (Å²) in [6, 6.07) is 7.35. The van der Waals surface area contributed by atoms with Gasteiger partial charge in [0.1, 0.15) is 0 Å². The highest BCUT2D eigenvalue weighted by molar-refractivity contribution is 7.88. The van der Waals surface area contributed by atoms with Gasteiger partial charge in [-0.3, -0.25) is 4.79 Å². The molecule has 0 atom stereocenters. The molecule has 0 bridgehead atoms. The Morgan fingerprint density at radius 3 is 2.46 bits per heavy atom. The number of carbonyl (C=O) groups is 1. The highest BCUT2D eigenvalue weighted by Gasteiger charge is 2.25. The minimum atomic E-state index is -3.38. The summed E-state index contributed by atoms with van der Waals surface area (Å²) in [5, 5.41) is 2.87. The number of sulfonamides is 1. The van der Waals surface area contributed by atoms with Crippen molar-refractivity contribution in [2.75, 3.05) is 26.3 Å². The normalized spacial score (nSPS) is 16.3. The molecule has 1 aliphatic heterocycles. The standard InChI is InChI=1S/C17H26N2O4S/c1-14(2)11-17(20)18-12-15-5-3-4-6-16(15)13-24(21,22)19-7-9-23-10-8-19/h3-6,14H,7-13H2,1-2H3,(H,18,20). The smallest absolute Gasteiger partial charge is 0.220 e. The molecule has 134 valence electrons. The fourth-order valence-corrected chi connectivity index (χ4v) is 4.18. The lowest BCUT2D eigenvalue weighted by Gasteiger charge is -2.26. The quantitative estimate of drug-likeness (QED) is 0.805. The van der Waals surface area contributed by atoms with E-state index in [4.69, 9.17) is 4.74 Å². The molecular formula is C17H26N2O4S. The van der Waals surface area contributed by atoms with Gasteiger partial charge in [-0.25, -0.2) is 8.42 Å². The zero-order valence-electron chi connectivity index (χ0n) is 14.3. The van der Waals surface area contributed by atoms with Gasteiger partial charge in [0.05, 0.1) is 19.0 Å². The van der Waals surface area contributed by atoms with Gasteiger partial charge in [-0.15, -0.1) is 0 Å². The first-order chi connectivity index (χ1) is 11.4. The van der Waals surface area contributed by atoms with Crippen LogP contribution < -0.4 is 5.32 Å². The van der Waals surface area contributed by atoms with Gasteiger partial charge in [0.2, 0.25) is 15.9 Å². The summed E-state index contributed by atoms with van der Waals surface area (Å²) < 4.78 is 31.8. The van der Waals surface area contributed by atoms with Gasteiger partial charge in [0.25, 0.3) is 0 Å². The molecule has 1 aromatic carbocycles. The minimum Gasteiger partial charge on any atom is -0.379 e. The van der Waals surface area contributed by atoms with Crippen LogP contribution in [0.1, 0.15) is 31.4 Å². The van der Waals surface area contributed by atoms with E-state index in [2.05, 4.69) is 5.32 Å². The molecule has 0 radical (unpaired) electrons. The molecule has 1 fully saturated rings. The lowest BCUT2D eigenvalue weighted by molar-refractivity contribution is -0.121. The Morgan fingerprint density at radius 1 is 1.21 bits per heavy atom. The lowest BCUT2D eigenvalue weighted by atomic mass is 10.1. The highest BCUT2D eigenvalue weighted by Crippen LogP contribution is 2.16. The fraction of sp³-hybridized carbons (Fsp3) is 0.588. The van der Waals surface area contributed by atoms with Crippen molar-refractivity contribution in [1.29, 1.82) is 0 Å². The second-order valence-electron chi connectivity index (χ2n) is 6.41. The summed E-state index contributed by atoms with van der Waals surface area (Å²) in [7, 11) is -3.38. The van der Waals surface area contributed by atoms with Crippen LogP contribution in [0.3, 0.4) is 0 Å². The van der Waals surface area contributed by atoms with Gasteiger partial charge < -0.3 is 10.1 Å². The first-order valence-corrected chi connectivity index (χ1v) is 9.88. The van der Waals surface area contributed by atoms with Crippen molar-refractivity contribution in [2.45, 2.75) is 32.6 Å². The maximum absolute atomic E-state index is 12.6. The van der Waals surface area contributed by atoms with E-state index in [0.717, 1.165) is 11.1 Å². The van der Waals surface area contributed by atoms with E-state index in [9.17, 15) is 13.2 Å². The molecular weight excluding hydrogens is 328 g/mol. The van der Waals surface area contributed by atoms with Gasteiger partial charge in [-0.1, -0.05) is 38.1 Å². The number of carbonyl (C=O) groups excluding carboxylic acids is 1. The van der Waals surface area contributed by atoms with Crippen molar-refractivity contribution in [3.63, 3.8) is 0 Å². The molecule has 2 rings (SSSR count). The predicted octanol–water partition coefficient (Wildman–Crippen LogP) is 1.51. The average Bonchev–Trinajstić information content (AvgIpc) is 2.54. The van der Waals surface area contributed by atoms with Crippen molar-refractivity contribution in [1.82, 2.24) is 9.62 Å². The largest absolute Gasteiger partial charge is 0.379 e. The van der Waals surface area contributed by atoms with Gasteiger partial charge in [0, 0.05) is 26.1 Å². The Bertz CT molecular complexity index is 652. The number of benzene rings is 1. The van der Waals surface area contributed by atoms with Crippen LogP contribution in [0.2, 0.25) is 0 Å². The average molecular weight is 354 g/mol. The molecule has 6 nitrogen and oxygen atoms in total. The van der Waals surface area contributed by atoms with Crippen molar-refractivity contribution in [2.24, 2.45) is 5.92 Å². The van der Waals surface area contributed by atoms with Crippen molar-refractivity contribution >= 4 is 15.9 Å². The number of amides is 1. The lowest BCUT2D eigenvalue weighted by Crippen LogP contribution is -2.41. The van der Waals surface area contributed by atoms with Gasteiger partial charge in [-0.05, 0) is 17.0 Å². The number of nitrogens with one attached hydrogen (secondary N) is 1. The minimum absolute atomic E-state index is 0.0177. The van der Waals surface area contributed by atoms with Gasteiger partial charge >= 0.3 is 0 Å². The zero-order valence-corrected chi connectivity index (χ0v) is 15.1. The predicted molar refractivity (Wildman–Crippen MR) is 92.8 cm³/mol. The first-order valence-electron chi connectivity index (χ1n) is 8.27. The monoisotopic (exact) mass is 354 g/mol. The van der Waals surface area contributed by atoms with E-state index in [1.807, 2.05) is 38.1 Å². The van der Waals surface area contributed by atoms with Crippen LogP contribution in [0.15, 0.2) is 24.3 Å². The van der Waals surface area contributed by atoms with Crippen LogP contribution >= 0.6 is 0 Å². The van der Waals surface area contributed by atoms with Crippen LogP contribution in [0.4, 0.5) is 0 Å². The van der Waals surface area contributed by atoms with Crippen LogP contribution in [-0.4, -0.2) is 44.9 Å². The molecule has 1 saturated heterocycles. The van der Waals surface area contributed by atoms with E-state index in [1.54, 1.807) is 0 Å². The third-order valence-electron chi connectivity index (χ3n) is 3.89. The molecule has 0 aromatic heterocycles. The summed E-state index contributed by atoms with van der Waals surface area (Å²) in [5.74, 6) is 0.223. The van der Waals surface area contributed by atoms with E-state index in [-0.39, 0.29) is 11.7 Å². The van der Waals surface area contributed by atoms with E-state index in [1.165, 1.54) is 4.31 Å². The Morgan fingerprint density at radius 2 is 1.83 bits per heavy atom. The molecule has 24 heavy (non-hydrogen) atoms. The van der Waals surface area contributed by atoms with Gasteiger partial charge in [0.15, 0.2) is 0 Å².